The molecule has 0 unspecified atom stereocenters. The van der Waals surface area contributed by atoms with Crippen LogP contribution >= 0.6 is 0 Å². The van der Waals surface area contributed by atoms with Crippen molar-refractivity contribution >= 4 is 0 Å². The lowest BCUT2D eigenvalue weighted by molar-refractivity contribution is -0.687. The van der Waals surface area contributed by atoms with E-state index in [4.69, 9.17) is 0 Å². The fraction of sp³-hybridized carbons (Fsp3) is 0.389. The second kappa shape index (κ2) is 5.16. The number of aryl methyl sites for hydroxylation is 3. The van der Waals surface area contributed by atoms with Gasteiger partial charge >= 0.3 is 0 Å². The Morgan fingerprint density at radius 3 is 2.89 bits per heavy atom. The molecule has 2 heterocycles. The first-order chi connectivity index (χ1) is 9.31. The highest BCUT2D eigenvalue weighted by Gasteiger charge is 2.25. The molecule has 1 aliphatic rings. The molecule has 0 fully saturated rings. The van der Waals surface area contributed by atoms with E-state index in [2.05, 4.69) is 54.9 Å². The van der Waals surface area contributed by atoms with Crippen LogP contribution in [0, 0.1) is 6.92 Å². The molecule has 0 N–H and O–H groups in total. The van der Waals surface area contributed by atoms with Crippen LogP contribution in [0.5, 0.6) is 0 Å². The van der Waals surface area contributed by atoms with Gasteiger partial charge in [-0.05, 0) is 42.5 Å². The van der Waals surface area contributed by atoms with Gasteiger partial charge in [-0.2, -0.15) is 4.57 Å². The summed E-state index contributed by atoms with van der Waals surface area (Å²) in [5.74, 6) is 0. The lowest BCUT2D eigenvalue weighted by Gasteiger charge is -2.20. The van der Waals surface area contributed by atoms with E-state index in [0.29, 0.717) is 0 Å². The summed E-state index contributed by atoms with van der Waals surface area (Å²) in [4.78, 5) is 0. The van der Waals surface area contributed by atoms with Crippen molar-refractivity contribution < 1.29 is 4.57 Å². The lowest BCUT2D eigenvalue weighted by atomic mass is 9.87. The van der Waals surface area contributed by atoms with Crippen LogP contribution in [0.15, 0.2) is 36.5 Å². The summed E-state index contributed by atoms with van der Waals surface area (Å²) in [6, 6.07) is 11.2. The summed E-state index contributed by atoms with van der Waals surface area (Å²) in [5.41, 5.74) is 7.46. The van der Waals surface area contributed by atoms with Crippen LogP contribution in [-0.4, -0.2) is 0 Å². The molecular formula is C18H22N+. The van der Waals surface area contributed by atoms with E-state index in [9.17, 15) is 0 Å². The molecule has 1 aliphatic heterocycles. The van der Waals surface area contributed by atoms with Crippen molar-refractivity contribution in [2.24, 2.45) is 0 Å². The maximum Gasteiger partial charge on any atom is 0.213 e. The Morgan fingerprint density at radius 2 is 2.05 bits per heavy atom. The first kappa shape index (κ1) is 12.4. The zero-order chi connectivity index (χ0) is 13.2. The number of hydrogen-bond acceptors (Lipinski definition) is 0. The number of unbranched alkanes of at least 4 members (excludes halogenated alkanes) is 1. The van der Waals surface area contributed by atoms with E-state index in [0.717, 1.165) is 6.54 Å². The Kier molecular flexibility index (Phi) is 3.37. The number of aromatic nitrogens is 1. The molecule has 0 bridgehead atoms. The predicted molar refractivity (Wildman–Crippen MR) is 79.1 cm³/mol. The fourth-order valence-corrected chi connectivity index (χ4v) is 3.15. The van der Waals surface area contributed by atoms with Gasteiger partial charge in [0.1, 0.15) is 0 Å². The summed E-state index contributed by atoms with van der Waals surface area (Å²) < 4.78 is 2.40. The maximum absolute atomic E-state index is 2.40. The van der Waals surface area contributed by atoms with Gasteiger partial charge in [-0.15, -0.1) is 0 Å². The van der Waals surface area contributed by atoms with Crippen LogP contribution in [0.3, 0.4) is 0 Å². The second-order valence-corrected chi connectivity index (χ2v) is 5.53. The van der Waals surface area contributed by atoms with Crippen molar-refractivity contribution in [1.82, 2.24) is 0 Å². The standard InChI is InChI=1S/C18H22N/c1-3-4-7-15-10-9-14(2)16-11-13-19-12-6-5-8-17(19)18(15)16/h5-6,8-10,12H,3-4,7,11,13H2,1-2H3/q+1. The molecule has 1 nitrogen and oxygen atoms in total. The van der Waals surface area contributed by atoms with E-state index in [1.54, 1.807) is 5.56 Å². The number of fused-ring (bicyclic) bond motifs is 3. The second-order valence-electron chi connectivity index (χ2n) is 5.53. The quantitative estimate of drug-likeness (QED) is 0.731. The van der Waals surface area contributed by atoms with Crippen molar-refractivity contribution in [2.75, 3.05) is 0 Å². The molecule has 19 heavy (non-hydrogen) atoms. The summed E-state index contributed by atoms with van der Waals surface area (Å²) in [7, 11) is 0. The largest absolute Gasteiger partial charge is 0.213 e. The molecule has 0 saturated carbocycles. The Bertz CT molecular complexity index is 599. The molecule has 0 radical (unpaired) electrons. The van der Waals surface area contributed by atoms with Gasteiger partial charge in [0.05, 0.1) is 5.56 Å². The third-order valence-corrected chi connectivity index (χ3v) is 4.23. The third-order valence-electron chi connectivity index (χ3n) is 4.23. The Labute approximate surface area is 115 Å². The van der Waals surface area contributed by atoms with Gasteiger partial charge in [0, 0.05) is 18.6 Å². The number of pyridine rings is 1. The zero-order valence-electron chi connectivity index (χ0n) is 11.9. The lowest BCUT2D eigenvalue weighted by Crippen LogP contribution is -2.40. The SMILES string of the molecule is CCCCc1ccc(C)c2c1-c1cccc[n+]1CC2. The Hall–Kier alpha value is -1.63. The van der Waals surface area contributed by atoms with Crippen LogP contribution in [0.2, 0.25) is 0 Å². The predicted octanol–water partition coefficient (Wildman–Crippen LogP) is 3.85. The molecular weight excluding hydrogens is 230 g/mol. The van der Waals surface area contributed by atoms with Gasteiger partial charge in [-0.3, -0.25) is 0 Å². The highest BCUT2D eigenvalue weighted by molar-refractivity contribution is 5.68. The Balaban J connectivity index is 2.17. The van der Waals surface area contributed by atoms with Crippen molar-refractivity contribution in [3.63, 3.8) is 0 Å². The summed E-state index contributed by atoms with van der Waals surface area (Å²) in [5, 5.41) is 0. The van der Waals surface area contributed by atoms with Crippen LogP contribution in [-0.2, 0) is 19.4 Å². The van der Waals surface area contributed by atoms with Crippen molar-refractivity contribution in [3.8, 4) is 11.3 Å². The first-order valence-electron chi connectivity index (χ1n) is 7.41. The number of hydrogen-bond donors (Lipinski definition) is 0. The van der Waals surface area contributed by atoms with E-state index in [-0.39, 0.29) is 0 Å². The first-order valence-corrected chi connectivity index (χ1v) is 7.41. The van der Waals surface area contributed by atoms with E-state index in [1.165, 1.54) is 48.1 Å². The molecule has 2 aromatic rings. The van der Waals surface area contributed by atoms with Gasteiger partial charge in [0.2, 0.25) is 5.69 Å². The molecule has 0 amide bonds. The summed E-state index contributed by atoms with van der Waals surface area (Å²) in [6.07, 6.45) is 7.13. The monoisotopic (exact) mass is 252 g/mol. The summed E-state index contributed by atoms with van der Waals surface area (Å²) >= 11 is 0. The number of benzene rings is 1. The average Bonchev–Trinajstić information content (AvgIpc) is 2.46. The smallest absolute Gasteiger partial charge is 0.198 e. The number of rotatable bonds is 3. The van der Waals surface area contributed by atoms with Crippen LogP contribution in [0.1, 0.15) is 36.5 Å². The van der Waals surface area contributed by atoms with Crippen molar-refractivity contribution in [1.29, 1.82) is 0 Å². The highest BCUT2D eigenvalue weighted by Crippen LogP contribution is 2.32. The minimum Gasteiger partial charge on any atom is -0.198 e. The number of nitrogens with zero attached hydrogens (tertiary/aromatic N) is 1. The normalized spacial score (nSPS) is 12.9. The molecule has 3 rings (SSSR count). The van der Waals surface area contributed by atoms with Gasteiger partial charge in [-0.1, -0.05) is 25.5 Å². The van der Waals surface area contributed by atoms with Crippen LogP contribution in [0.25, 0.3) is 11.3 Å². The zero-order valence-corrected chi connectivity index (χ0v) is 11.9. The fourth-order valence-electron chi connectivity index (χ4n) is 3.15. The average molecular weight is 252 g/mol. The molecule has 0 aliphatic carbocycles. The van der Waals surface area contributed by atoms with Gasteiger partial charge in [-0.25, -0.2) is 0 Å². The molecule has 1 aromatic carbocycles. The molecule has 1 heteroatoms. The van der Waals surface area contributed by atoms with Crippen molar-refractivity contribution in [2.45, 2.75) is 46.1 Å². The minimum atomic E-state index is 1.11. The van der Waals surface area contributed by atoms with Crippen LogP contribution < -0.4 is 4.57 Å². The highest BCUT2D eigenvalue weighted by atomic mass is 15.0. The maximum atomic E-state index is 2.40. The molecule has 0 atom stereocenters. The molecule has 0 spiro atoms. The van der Waals surface area contributed by atoms with E-state index < -0.39 is 0 Å². The van der Waals surface area contributed by atoms with E-state index >= 15 is 0 Å². The van der Waals surface area contributed by atoms with Gasteiger partial charge < -0.3 is 0 Å². The topological polar surface area (TPSA) is 3.88 Å². The van der Waals surface area contributed by atoms with Crippen LogP contribution in [0.4, 0.5) is 0 Å². The van der Waals surface area contributed by atoms with E-state index in [1.807, 2.05) is 0 Å². The van der Waals surface area contributed by atoms with Crippen molar-refractivity contribution in [3.05, 3.63) is 53.2 Å². The third kappa shape index (κ3) is 2.18. The van der Waals surface area contributed by atoms with Gasteiger partial charge in [0.25, 0.3) is 0 Å². The molecule has 98 valence electrons. The minimum absolute atomic E-state index is 1.11. The van der Waals surface area contributed by atoms with Gasteiger partial charge in [0.15, 0.2) is 12.7 Å². The molecule has 1 aromatic heterocycles. The Morgan fingerprint density at radius 1 is 1.16 bits per heavy atom. The summed E-state index contributed by atoms with van der Waals surface area (Å²) in [6.45, 7) is 5.63. The molecule has 0 saturated heterocycles.